The molecule has 1 aromatic rings. The molecular weight excluding hydrogens is 208 g/mol. The highest BCUT2D eigenvalue weighted by atomic mass is 35.5. The fraction of sp³-hybridized carbons (Fsp3) is 0.333. The first-order chi connectivity index (χ1) is 6.02. The normalized spacial score (nSPS) is 10.5. The second kappa shape index (κ2) is 4.03. The van der Waals surface area contributed by atoms with Crippen LogP contribution in [0, 0.1) is 5.92 Å². The van der Waals surface area contributed by atoms with Gasteiger partial charge < -0.3 is 0 Å². The van der Waals surface area contributed by atoms with Gasteiger partial charge in [-0.2, -0.15) is 0 Å². The SMILES string of the molecule is CC(C)C(=O)C(=O)c1ccc(Cl)s1. The number of thiophene rings is 1. The van der Waals surface area contributed by atoms with Gasteiger partial charge >= 0.3 is 0 Å². The molecule has 2 nitrogen and oxygen atoms in total. The second-order valence-electron chi connectivity index (χ2n) is 2.95. The third kappa shape index (κ3) is 2.39. The van der Waals surface area contributed by atoms with E-state index >= 15 is 0 Å². The number of hydrogen-bond donors (Lipinski definition) is 0. The molecule has 13 heavy (non-hydrogen) atoms. The first kappa shape index (κ1) is 10.4. The van der Waals surface area contributed by atoms with E-state index in [1.165, 1.54) is 0 Å². The minimum atomic E-state index is -0.438. The van der Waals surface area contributed by atoms with E-state index in [2.05, 4.69) is 0 Å². The lowest BCUT2D eigenvalue weighted by atomic mass is 10.0. The van der Waals surface area contributed by atoms with Crippen LogP contribution < -0.4 is 0 Å². The summed E-state index contributed by atoms with van der Waals surface area (Å²) in [5.74, 6) is -1.06. The number of carbonyl (C=O) groups excluding carboxylic acids is 2. The standard InChI is InChI=1S/C9H9ClO2S/c1-5(2)8(11)9(12)6-3-4-7(10)13-6/h3-5H,1-2H3. The van der Waals surface area contributed by atoms with E-state index in [1.807, 2.05) is 0 Å². The maximum absolute atomic E-state index is 11.4. The van der Waals surface area contributed by atoms with Gasteiger partial charge in [0.25, 0.3) is 0 Å². The van der Waals surface area contributed by atoms with Crippen molar-refractivity contribution in [3.8, 4) is 0 Å². The highest BCUT2D eigenvalue weighted by molar-refractivity contribution is 7.18. The van der Waals surface area contributed by atoms with Crippen molar-refractivity contribution in [2.75, 3.05) is 0 Å². The molecule has 0 saturated carbocycles. The van der Waals surface area contributed by atoms with Crippen molar-refractivity contribution in [2.45, 2.75) is 13.8 Å². The Morgan fingerprint density at radius 2 is 2.00 bits per heavy atom. The molecule has 0 N–H and O–H groups in total. The van der Waals surface area contributed by atoms with E-state index in [-0.39, 0.29) is 11.7 Å². The Kier molecular flexibility index (Phi) is 3.22. The predicted molar refractivity (Wildman–Crippen MR) is 53.5 cm³/mol. The Labute approximate surface area is 85.5 Å². The molecule has 1 rings (SSSR count). The van der Waals surface area contributed by atoms with Crippen LogP contribution in [-0.2, 0) is 4.79 Å². The fourth-order valence-corrected chi connectivity index (χ4v) is 1.81. The predicted octanol–water partition coefficient (Wildman–Crippen LogP) is 2.81. The highest BCUT2D eigenvalue weighted by Crippen LogP contribution is 2.22. The minimum Gasteiger partial charge on any atom is -0.290 e. The molecule has 0 fully saturated rings. The van der Waals surface area contributed by atoms with Gasteiger partial charge in [-0.05, 0) is 12.1 Å². The lowest BCUT2D eigenvalue weighted by Gasteiger charge is -1.99. The van der Waals surface area contributed by atoms with Crippen LogP contribution in [0.15, 0.2) is 12.1 Å². The average Bonchev–Trinajstić information content (AvgIpc) is 2.49. The quantitative estimate of drug-likeness (QED) is 0.575. The third-order valence-electron chi connectivity index (χ3n) is 1.55. The van der Waals surface area contributed by atoms with Crippen LogP contribution in [0.3, 0.4) is 0 Å². The molecule has 0 radical (unpaired) electrons. The summed E-state index contributed by atoms with van der Waals surface area (Å²) in [5, 5.41) is 0. The first-order valence-corrected chi connectivity index (χ1v) is 5.05. The van der Waals surface area contributed by atoms with E-state index < -0.39 is 5.78 Å². The van der Waals surface area contributed by atoms with Gasteiger partial charge in [0.15, 0.2) is 0 Å². The number of carbonyl (C=O) groups is 2. The molecule has 0 spiro atoms. The molecule has 1 aromatic heterocycles. The summed E-state index contributed by atoms with van der Waals surface area (Å²) < 4.78 is 0.528. The van der Waals surface area contributed by atoms with Crippen LogP contribution in [0.1, 0.15) is 23.5 Å². The number of rotatable bonds is 3. The van der Waals surface area contributed by atoms with E-state index in [0.29, 0.717) is 9.21 Å². The topological polar surface area (TPSA) is 34.1 Å². The van der Waals surface area contributed by atoms with Crippen LogP contribution in [0.5, 0.6) is 0 Å². The van der Waals surface area contributed by atoms with Crippen molar-refractivity contribution in [1.82, 2.24) is 0 Å². The maximum atomic E-state index is 11.4. The van der Waals surface area contributed by atoms with Gasteiger partial charge in [0.2, 0.25) is 11.6 Å². The molecular formula is C9H9ClO2S. The first-order valence-electron chi connectivity index (χ1n) is 3.86. The molecule has 70 valence electrons. The number of hydrogen-bond acceptors (Lipinski definition) is 3. The Morgan fingerprint density at radius 3 is 2.38 bits per heavy atom. The molecule has 4 heteroatoms. The smallest absolute Gasteiger partial charge is 0.238 e. The van der Waals surface area contributed by atoms with Gasteiger partial charge in [0.1, 0.15) is 0 Å². The van der Waals surface area contributed by atoms with Gasteiger partial charge in [0, 0.05) is 5.92 Å². The Balaban J connectivity index is 2.86. The van der Waals surface area contributed by atoms with Crippen molar-refractivity contribution < 1.29 is 9.59 Å². The highest BCUT2D eigenvalue weighted by Gasteiger charge is 2.20. The summed E-state index contributed by atoms with van der Waals surface area (Å²) >= 11 is 6.78. The van der Waals surface area contributed by atoms with Crippen LogP contribution in [-0.4, -0.2) is 11.6 Å². The van der Waals surface area contributed by atoms with Crippen molar-refractivity contribution >= 4 is 34.5 Å². The fourth-order valence-electron chi connectivity index (χ4n) is 0.820. The van der Waals surface area contributed by atoms with Crippen molar-refractivity contribution in [3.05, 3.63) is 21.3 Å². The molecule has 0 bridgehead atoms. The summed E-state index contributed by atoms with van der Waals surface area (Å²) in [7, 11) is 0. The molecule has 0 aliphatic heterocycles. The van der Waals surface area contributed by atoms with E-state index in [1.54, 1.807) is 26.0 Å². The van der Waals surface area contributed by atoms with Crippen molar-refractivity contribution in [2.24, 2.45) is 5.92 Å². The zero-order valence-electron chi connectivity index (χ0n) is 7.33. The second-order valence-corrected chi connectivity index (χ2v) is 4.67. The number of Topliss-reactive ketones (excluding diaryl/α,β-unsaturated/α-hetero) is 2. The van der Waals surface area contributed by atoms with E-state index in [9.17, 15) is 9.59 Å². The minimum absolute atomic E-state index is 0.256. The zero-order chi connectivity index (χ0) is 10.0. The molecule has 1 heterocycles. The van der Waals surface area contributed by atoms with Gasteiger partial charge in [-0.3, -0.25) is 9.59 Å². The van der Waals surface area contributed by atoms with Crippen LogP contribution in [0.4, 0.5) is 0 Å². The van der Waals surface area contributed by atoms with Gasteiger partial charge in [-0.15, -0.1) is 11.3 Å². The molecule has 0 amide bonds. The summed E-state index contributed by atoms with van der Waals surface area (Å²) in [4.78, 5) is 23.1. The summed E-state index contributed by atoms with van der Waals surface area (Å²) in [6.45, 7) is 3.41. The molecule has 0 saturated heterocycles. The summed E-state index contributed by atoms with van der Waals surface area (Å²) in [6, 6.07) is 3.20. The van der Waals surface area contributed by atoms with Crippen molar-refractivity contribution in [1.29, 1.82) is 0 Å². The molecule has 0 atom stereocenters. The monoisotopic (exact) mass is 216 g/mol. The maximum Gasteiger partial charge on any atom is 0.238 e. The largest absolute Gasteiger partial charge is 0.290 e. The van der Waals surface area contributed by atoms with Crippen LogP contribution >= 0.6 is 22.9 Å². The summed E-state index contributed by atoms with van der Waals surface area (Å²) in [5.41, 5.74) is 0. The summed E-state index contributed by atoms with van der Waals surface area (Å²) in [6.07, 6.45) is 0. The number of halogens is 1. The molecule has 0 unspecified atom stereocenters. The Morgan fingerprint density at radius 1 is 1.38 bits per heavy atom. The lowest BCUT2D eigenvalue weighted by Crippen LogP contribution is -2.18. The third-order valence-corrected chi connectivity index (χ3v) is 2.78. The van der Waals surface area contributed by atoms with Gasteiger partial charge in [-0.1, -0.05) is 25.4 Å². The van der Waals surface area contributed by atoms with Gasteiger partial charge in [0.05, 0.1) is 9.21 Å². The lowest BCUT2D eigenvalue weighted by molar-refractivity contribution is -0.117. The van der Waals surface area contributed by atoms with Crippen LogP contribution in [0.25, 0.3) is 0 Å². The average molecular weight is 217 g/mol. The molecule has 0 aliphatic rings. The van der Waals surface area contributed by atoms with E-state index in [4.69, 9.17) is 11.6 Å². The molecule has 0 aliphatic carbocycles. The van der Waals surface area contributed by atoms with Crippen molar-refractivity contribution in [3.63, 3.8) is 0 Å². The van der Waals surface area contributed by atoms with Crippen LogP contribution in [0.2, 0.25) is 4.34 Å². The van der Waals surface area contributed by atoms with E-state index in [0.717, 1.165) is 11.3 Å². The number of ketones is 2. The Hall–Kier alpha value is -0.670. The Bertz CT molecular complexity index is 341. The zero-order valence-corrected chi connectivity index (χ0v) is 8.91. The molecule has 0 aromatic carbocycles. The van der Waals surface area contributed by atoms with Gasteiger partial charge in [-0.25, -0.2) is 0 Å².